The molecular formula is C28H45N3O10. The second-order valence-electron chi connectivity index (χ2n) is 12.3. The molecule has 0 aromatic heterocycles. The van der Waals surface area contributed by atoms with Crippen molar-refractivity contribution in [2.45, 2.75) is 103 Å². The van der Waals surface area contributed by atoms with Gasteiger partial charge in [-0.25, -0.2) is 14.4 Å². The fraction of sp³-hybridized carbons (Fsp3) is 0.750. The van der Waals surface area contributed by atoms with E-state index in [2.05, 4.69) is 22.5 Å². The van der Waals surface area contributed by atoms with Gasteiger partial charge in [-0.3, -0.25) is 9.59 Å². The Balaban J connectivity index is 2.18. The summed E-state index contributed by atoms with van der Waals surface area (Å²) in [6.45, 7) is 15.5. The first-order valence-corrected chi connectivity index (χ1v) is 13.9. The predicted octanol–water partition coefficient (Wildman–Crippen LogP) is 2.31. The summed E-state index contributed by atoms with van der Waals surface area (Å²) in [5.41, 5.74) is -3.17. The van der Waals surface area contributed by atoms with Gasteiger partial charge < -0.3 is 40.0 Å². The van der Waals surface area contributed by atoms with Crippen LogP contribution in [-0.2, 0) is 33.3 Å². The van der Waals surface area contributed by atoms with Crippen LogP contribution in [0.25, 0.3) is 0 Å². The Morgan fingerprint density at radius 2 is 1.63 bits per heavy atom. The van der Waals surface area contributed by atoms with Gasteiger partial charge in [0.15, 0.2) is 0 Å². The van der Waals surface area contributed by atoms with Crippen molar-refractivity contribution in [2.75, 3.05) is 13.2 Å². The number of rotatable bonds is 12. The largest absolute Gasteiger partial charge is 0.464 e. The molecule has 2 aliphatic rings. The first kappa shape index (κ1) is 33.9. The summed E-state index contributed by atoms with van der Waals surface area (Å²) in [6.07, 6.45) is -0.673. The van der Waals surface area contributed by atoms with E-state index in [4.69, 9.17) is 18.9 Å². The van der Waals surface area contributed by atoms with Crippen molar-refractivity contribution in [1.82, 2.24) is 16.0 Å². The quantitative estimate of drug-likeness (QED) is 0.115. The molecule has 2 saturated carbocycles. The Morgan fingerprint density at radius 3 is 2.20 bits per heavy atom. The minimum atomic E-state index is -1.70. The molecule has 3 amide bonds. The number of carbonyl (C=O) groups is 5. The van der Waals surface area contributed by atoms with E-state index in [-0.39, 0.29) is 26.0 Å². The van der Waals surface area contributed by atoms with Gasteiger partial charge in [0, 0.05) is 24.8 Å². The van der Waals surface area contributed by atoms with Crippen molar-refractivity contribution in [2.24, 2.45) is 17.8 Å². The van der Waals surface area contributed by atoms with Crippen molar-refractivity contribution < 1.29 is 48.0 Å². The van der Waals surface area contributed by atoms with Crippen molar-refractivity contribution in [3.05, 3.63) is 12.8 Å². The minimum Gasteiger partial charge on any atom is -0.464 e. The Hall–Kier alpha value is -3.35. The van der Waals surface area contributed by atoms with E-state index in [0.717, 1.165) is 6.26 Å². The van der Waals surface area contributed by atoms with E-state index >= 15 is 0 Å². The molecule has 0 aromatic carbocycles. The molecule has 6 atom stereocenters. The van der Waals surface area contributed by atoms with Gasteiger partial charge in [-0.2, -0.15) is 0 Å². The van der Waals surface area contributed by atoms with Crippen molar-refractivity contribution >= 4 is 30.0 Å². The van der Waals surface area contributed by atoms with E-state index in [1.54, 1.807) is 48.5 Å². The van der Waals surface area contributed by atoms with Gasteiger partial charge >= 0.3 is 24.1 Å². The standard InChI is InChI=1S/C28H45N3O10/c1-9-38-22(34)19-18-17(32)15-28(20(18)19,23(35)39-10-2)31-21(33)16(30-25(37)41-27(6,7)8)13-11-12-14-29-24(36)40-26(3,4)5/h9,16-20,32H,1,10-15H2,2-8H3,(H,29,36)(H,30,37)(H,31,33)/t16?,17-,18-,19-,20-,28+/m0/s1. The number of carbonyl (C=O) groups excluding carboxylic acids is 5. The van der Waals surface area contributed by atoms with E-state index in [1.807, 2.05) is 0 Å². The maximum absolute atomic E-state index is 13.6. The number of alkyl carbamates (subject to hydrolysis) is 2. The van der Waals surface area contributed by atoms with Crippen LogP contribution < -0.4 is 16.0 Å². The lowest BCUT2D eigenvalue weighted by Crippen LogP contribution is -2.61. The first-order chi connectivity index (χ1) is 19.0. The summed E-state index contributed by atoms with van der Waals surface area (Å²) in [5.74, 6) is -4.36. The maximum atomic E-state index is 13.6. The van der Waals surface area contributed by atoms with Crippen LogP contribution in [0.15, 0.2) is 12.8 Å². The number of ether oxygens (including phenoxy) is 4. The monoisotopic (exact) mass is 583 g/mol. The molecule has 0 aromatic rings. The molecule has 0 aliphatic heterocycles. The Morgan fingerprint density at radius 1 is 1.02 bits per heavy atom. The molecule has 2 aliphatic carbocycles. The van der Waals surface area contributed by atoms with Crippen LogP contribution in [0, 0.1) is 17.8 Å². The topological polar surface area (TPSA) is 179 Å². The Kier molecular flexibility index (Phi) is 11.2. The lowest BCUT2D eigenvalue weighted by atomic mass is 9.88. The number of hydrogen-bond acceptors (Lipinski definition) is 10. The zero-order chi connectivity index (χ0) is 31.2. The summed E-state index contributed by atoms with van der Waals surface area (Å²) < 4.78 is 20.7. The lowest BCUT2D eigenvalue weighted by molar-refractivity contribution is -0.156. The average molecular weight is 584 g/mol. The molecule has 4 N–H and O–H groups in total. The zero-order valence-corrected chi connectivity index (χ0v) is 25.0. The zero-order valence-electron chi connectivity index (χ0n) is 25.0. The van der Waals surface area contributed by atoms with Crippen LogP contribution in [0.4, 0.5) is 9.59 Å². The third-order valence-electron chi connectivity index (χ3n) is 6.67. The molecule has 1 unspecified atom stereocenters. The highest BCUT2D eigenvalue weighted by Crippen LogP contribution is 2.63. The highest BCUT2D eigenvalue weighted by Gasteiger charge is 2.76. The lowest BCUT2D eigenvalue weighted by Gasteiger charge is -2.33. The fourth-order valence-corrected chi connectivity index (χ4v) is 5.18. The molecule has 0 radical (unpaired) electrons. The Bertz CT molecular complexity index is 1000. The van der Waals surface area contributed by atoms with Gasteiger partial charge in [-0.1, -0.05) is 6.58 Å². The van der Waals surface area contributed by atoms with Crippen LogP contribution in [-0.4, -0.2) is 77.2 Å². The van der Waals surface area contributed by atoms with Crippen LogP contribution in [0.3, 0.4) is 0 Å². The van der Waals surface area contributed by atoms with Crippen molar-refractivity contribution in [3.63, 3.8) is 0 Å². The molecule has 13 heteroatoms. The normalized spacial score (nSPS) is 25.6. The average Bonchev–Trinajstić information content (AvgIpc) is 3.50. The first-order valence-electron chi connectivity index (χ1n) is 13.9. The third kappa shape index (κ3) is 9.34. The summed E-state index contributed by atoms with van der Waals surface area (Å²) in [5, 5.41) is 18.6. The van der Waals surface area contributed by atoms with E-state index in [0.29, 0.717) is 12.8 Å². The molecular weight excluding hydrogens is 538 g/mol. The predicted molar refractivity (Wildman–Crippen MR) is 146 cm³/mol. The van der Waals surface area contributed by atoms with Crippen molar-refractivity contribution in [1.29, 1.82) is 0 Å². The summed E-state index contributed by atoms with van der Waals surface area (Å²) >= 11 is 0. The van der Waals surface area contributed by atoms with Gasteiger partial charge in [0.2, 0.25) is 5.91 Å². The van der Waals surface area contributed by atoms with Gasteiger partial charge in [0.1, 0.15) is 22.8 Å². The van der Waals surface area contributed by atoms with E-state index in [1.165, 1.54) is 0 Å². The van der Waals surface area contributed by atoms with Crippen LogP contribution in [0.1, 0.15) is 74.1 Å². The smallest absolute Gasteiger partial charge is 0.408 e. The van der Waals surface area contributed by atoms with Gasteiger partial charge in [-0.05, 0) is 67.7 Å². The van der Waals surface area contributed by atoms with Crippen LogP contribution in [0.2, 0.25) is 0 Å². The minimum absolute atomic E-state index is 0.00986. The number of aliphatic hydroxyl groups is 1. The van der Waals surface area contributed by atoms with E-state index in [9.17, 15) is 29.1 Å². The molecule has 2 rings (SSSR count). The van der Waals surface area contributed by atoms with E-state index < -0.39 is 76.7 Å². The molecule has 0 saturated heterocycles. The molecule has 41 heavy (non-hydrogen) atoms. The van der Waals surface area contributed by atoms with Gasteiger partial charge in [0.25, 0.3) is 0 Å². The number of aliphatic hydroxyl groups excluding tert-OH is 1. The van der Waals surface area contributed by atoms with Crippen LogP contribution in [0.5, 0.6) is 0 Å². The summed E-state index contributed by atoms with van der Waals surface area (Å²) in [6, 6.07) is -1.13. The Labute approximate surface area is 241 Å². The molecule has 13 nitrogen and oxygen atoms in total. The number of unbranched alkanes of at least 4 members (excludes halogenated alkanes) is 1. The number of hydrogen-bond donors (Lipinski definition) is 4. The second-order valence-corrected chi connectivity index (χ2v) is 12.3. The van der Waals surface area contributed by atoms with Gasteiger partial charge in [0.05, 0.1) is 24.9 Å². The number of esters is 2. The molecule has 0 bridgehead atoms. The third-order valence-corrected chi connectivity index (χ3v) is 6.67. The molecule has 2 fully saturated rings. The fourth-order valence-electron chi connectivity index (χ4n) is 5.18. The highest BCUT2D eigenvalue weighted by atomic mass is 16.6. The highest BCUT2D eigenvalue weighted by molar-refractivity contribution is 5.94. The summed E-state index contributed by atoms with van der Waals surface area (Å²) in [7, 11) is 0. The number of amides is 3. The summed E-state index contributed by atoms with van der Waals surface area (Å²) in [4.78, 5) is 63.8. The van der Waals surface area contributed by atoms with Gasteiger partial charge in [-0.15, -0.1) is 0 Å². The SMILES string of the molecule is C=COC(=O)[C@H]1[C@H]2[C@@H]1[C@@](NC(=O)C(CCCCNC(=O)OC(C)(C)C)NC(=O)OC(C)(C)C)(C(=O)OCC)C[C@@H]2O. The second kappa shape index (κ2) is 13.5. The number of nitrogens with one attached hydrogen (secondary N) is 3. The molecule has 0 heterocycles. The van der Waals surface area contributed by atoms with Crippen LogP contribution >= 0.6 is 0 Å². The van der Waals surface area contributed by atoms with Crippen molar-refractivity contribution in [3.8, 4) is 0 Å². The maximum Gasteiger partial charge on any atom is 0.408 e. The molecule has 232 valence electrons. The number of fused-ring (bicyclic) bond motifs is 1. The molecule has 0 spiro atoms.